The van der Waals surface area contributed by atoms with Gasteiger partial charge in [-0.1, -0.05) is 26.8 Å². The highest BCUT2D eigenvalue weighted by Crippen LogP contribution is 2.36. The third-order valence-electron chi connectivity index (χ3n) is 6.26. The molecule has 2 aliphatic heterocycles. The number of benzene rings is 1. The molecule has 3 rings (SSSR count). The Bertz CT molecular complexity index is 689. The third kappa shape index (κ3) is 3.74. The molecule has 26 heavy (non-hydrogen) atoms. The lowest BCUT2D eigenvalue weighted by Crippen LogP contribution is -2.54. The molecule has 2 heterocycles. The van der Waals surface area contributed by atoms with Crippen molar-refractivity contribution in [2.24, 2.45) is 0 Å². The minimum Gasteiger partial charge on any atom is -0.457 e. The number of fused-ring (bicyclic) bond motifs is 1. The quantitative estimate of drug-likeness (QED) is 0.624. The van der Waals surface area contributed by atoms with Crippen molar-refractivity contribution in [2.75, 3.05) is 19.7 Å². The Labute approximate surface area is 158 Å². The van der Waals surface area contributed by atoms with Crippen LogP contribution in [0.3, 0.4) is 0 Å². The molecule has 2 N–H and O–H groups in total. The summed E-state index contributed by atoms with van der Waals surface area (Å²) in [5.74, 6) is -0.202. The lowest BCUT2D eigenvalue weighted by molar-refractivity contribution is 0.0535. The van der Waals surface area contributed by atoms with Gasteiger partial charge < -0.3 is 19.8 Å². The van der Waals surface area contributed by atoms with Crippen molar-refractivity contribution in [3.63, 3.8) is 0 Å². The molecule has 0 amide bonds. The fourth-order valence-corrected chi connectivity index (χ4v) is 4.37. The van der Waals surface area contributed by atoms with E-state index in [2.05, 4.69) is 57.5 Å². The van der Waals surface area contributed by atoms with Gasteiger partial charge in [-0.2, -0.15) is 0 Å². The molecule has 0 aliphatic carbocycles. The molecule has 0 spiro atoms. The maximum absolute atomic E-state index is 11.7. The van der Waals surface area contributed by atoms with Gasteiger partial charge in [-0.05, 0) is 42.2 Å². The number of esters is 1. The van der Waals surface area contributed by atoms with Crippen LogP contribution < -0.4 is 10.6 Å². The van der Waals surface area contributed by atoms with Crippen molar-refractivity contribution >= 4 is 14.3 Å². The van der Waals surface area contributed by atoms with E-state index in [4.69, 9.17) is 9.16 Å². The van der Waals surface area contributed by atoms with Crippen molar-refractivity contribution < 1.29 is 14.0 Å². The Hall–Kier alpha value is -1.21. The van der Waals surface area contributed by atoms with Crippen LogP contribution in [0, 0.1) is 6.92 Å². The SMILES string of the molecule is Cc1c(C2CNC(CO[Si](C)(C)C(C)(C)C)CN2)ccc2c1COC2=O. The molecule has 6 heteroatoms. The zero-order valence-corrected chi connectivity index (χ0v) is 17.9. The van der Waals surface area contributed by atoms with E-state index in [1.807, 2.05) is 6.07 Å². The largest absolute Gasteiger partial charge is 0.457 e. The molecule has 1 saturated heterocycles. The summed E-state index contributed by atoms with van der Waals surface area (Å²) >= 11 is 0. The van der Waals surface area contributed by atoms with Gasteiger partial charge in [0.2, 0.25) is 0 Å². The summed E-state index contributed by atoms with van der Waals surface area (Å²) in [4.78, 5) is 11.7. The predicted octanol–water partition coefficient (Wildman–Crippen LogP) is 3.29. The van der Waals surface area contributed by atoms with Gasteiger partial charge in [-0.15, -0.1) is 0 Å². The first-order chi connectivity index (χ1) is 12.1. The lowest BCUT2D eigenvalue weighted by atomic mass is 9.93. The molecule has 2 unspecified atom stereocenters. The molecule has 0 aromatic heterocycles. The molecular weight excluding hydrogens is 344 g/mol. The van der Waals surface area contributed by atoms with E-state index < -0.39 is 8.32 Å². The van der Waals surface area contributed by atoms with Gasteiger partial charge in [0.1, 0.15) is 6.61 Å². The second-order valence-electron chi connectivity index (χ2n) is 9.02. The average Bonchev–Trinajstić information content (AvgIpc) is 2.95. The third-order valence-corrected chi connectivity index (χ3v) is 10.8. The molecule has 1 aromatic rings. The van der Waals surface area contributed by atoms with Crippen LogP contribution in [-0.2, 0) is 15.8 Å². The highest BCUT2D eigenvalue weighted by atomic mass is 28.4. The fourth-order valence-electron chi connectivity index (χ4n) is 3.32. The first-order valence-corrected chi connectivity index (χ1v) is 12.4. The number of ether oxygens (including phenoxy) is 1. The minimum atomic E-state index is -1.71. The summed E-state index contributed by atoms with van der Waals surface area (Å²) in [6, 6.07) is 4.55. The molecule has 0 saturated carbocycles. The summed E-state index contributed by atoms with van der Waals surface area (Å²) in [5.41, 5.74) is 4.18. The van der Waals surface area contributed by atoms with E-state index in [1.165, 1.54) is 11.1 Å². The van der Waals surface area contributed by atoms with Crippen LogP contribution in [0.1, 0.15) is 53.9 Å². The second-order valence-corrected chi connectivity index (χ2v) is 13.8. The summed E-state index contributed by atoms with van der Waals surface area (Å²) in [6.07, 6.45) is 0. The number of hydrogen-bond acceptors (Lipinski definition) is 5. The van der Waals surface area contributed by atoms with E-state index in [0.717, 1.165) is 30.8 Å². The zero-order chi connectivity index (χ0) is 19.1. The Morgan fingerprint density at radius 3 is 2.58 bits per heavy atom. The topological polar surface area (TPSA) is 59.6 Å². The minimum absolute atomic E-state index is 0.202. The van der Waals surface area contributed by atoms with Gasteiger partial charge in [0.05, 0.1) is 12.2 Å². The van der Waals surface area contributed by atoms with Gasteiger partial charge in [0, 0.05) is 30.7 Å². The van der Waals surface area contributed by atoms with Crippen LogP contribution >= 0.6 is 0 Å². The van der Waals surface area contributed by atoms with Crippen LogP contribution in [0.4, 0.5) is 0 Å². The first kappa shape index (κ1) is 19.5. The zero-order valence-electron chi connectivity index (χ0n) is 16.9. The number of cyclic esters (lactones) is 1. The molecule has 2 atom stereocenters. The standard InChI is InChI=1S/C20H32N2O3Si/c1-13-15(7-8-16-17(13)12-24-19(16)23)18-10-21-14(9-22-18)11-25-26(5,6)20(2,3)4/h7-8,14,18,21-22H,9-12H2,1-6H3. The van der Waals surface area contributed by atoms with E-state index >= 15 is 0 Å². The van der Waals surface area contributed by atoms with E-state index in [1.54, 1.807) is 0 Å². The molecule has 0 bridgehead atoms. The normalized spacial score (nSPS) is 23.7. The van der Waals surface area contributed by atoms with Crippen molar-refractivity contribution in [1.29, 1.82) is 0 Å². The highest BCUT2D eigenvalue weighted by molar-refractivity contribution is 6.74. The fraction of sp³-hybridized carbons (Fsp3) is 0.650. The van der Waals surface area contributed by atoms with Crippen LogP contribution in [0.25, 0.3) is 0 Å². The Morgan fingerprint density at radius 2 is 1.96 bits per heavy atom. The summed E-state index contributed by atoms with van der Waals surface area (Å²) in [5, 5.41) is 7.52. The second kappa shape index (κ2) is 7.07. The van der Waals surface area contributed by atoms with Crippen molar-refractivity contribution in [3.8, 4) is 0 Å². The van der Waals surface area contributed by atoms with Crippen LogP contribution in [0.5, 0.6) is 0 Å². The number of carbonyl (C=O) groups excluding carboxylic acids is 1. The maximum atomic E-state index is 11.7. The van der Waals surface area contributed by atoms with E-state index in [-0.39, 0.29) is 17.0 Å². The Kier molecular flexibility index (Phi) is 5.32. The van der Waals surface area contributed by atoms with Gasteiger partial charge >= 0.3 is 5.97 Å². The van der Waals surface area contributed by atoms with Gasteiger partial charge in [0.25, 0.3) is 0 Å². The number of nitrogens with one attached hydrogen (secondary N) is 2. The number of carbonyl (C=O) groups is 1. The van der Waals surface area contributed by atoms with Crippen LogP contribution in [0.2, 0.25) is 18.1 Å². The molecule has 2 aliphatic rings. The van der Waals surface area contributed by atoms with E-state index in [0.29, 0.717) is 12.6 Å². The molecule has 1 fully saturated rings. The summed E-state index contributed by atoms with van der Waals surface area (Å²) in [7, 11) is -1.71. The number of rotatable bonds is 4. The van der Waals surface area contributed by atoms with Gasteiger partial charge in [-0.3, -0.25) is 0 Å². The average molecular weight is 377 g/mol. The van der Waals surface area contributed by atoms with E-state index in [9.17, 15) is 4.79 Å². The Balaban J connectivity index is 1.59. The summed E-state index contributed by atoms with van der Waals surface area (Å²) < 4.78 is 11.5. The molecular formula is C20H32N2O3Si. The van der Waals surface area contributed by atoms with Crippen LogP contribution in [0.15, 0.2) is 12.1 Å². The smallest absolute Gasteiger partial charge is 0.338 e. The van der Waals surface area contributed by atoms with Crippen LogP contribution in [-0.4, -0.2) is 40.0 Å². The molecule has 5 nitrogen and oxygen atoms in total. The van der Waals surface area contributed by atoms with Crippen molar-refractivity contribution in [3.05, 3.63) is 34.4 Å². The molecule has 1 aromatic carbocycles. The first-order valence-electron chi connectivity index (χ1n) is 9.50. The van der Waals surface area contributed by atoms with Crippen molar-refractivity contribution in [2.45, 2.75) is 64.5 Å². The lowest BCUT2D eigenvalue weighted by Gasteiger charge is -2.39. The van der Waals surface area contributed by atoms with Gasteiger partial charge in [-0.25, -0.2) is 4.79 Å². The Morgan fingerprint density at radius 1 is 1.23 bits per heavy atom. The van der Waals surface area contributed by atoms with Crippen molar-refractivity contribution in [1.82, 2.24) is 10.6 Å². The maximum Gasteiger partial charge on any atom is 0.338 e. The van der Waals surface area contributed by atoms with Gasteiger partial charge in [0.15, 0.2) is 8.32 Å². The summed E-state index contributed by atoms with van der Waals surface area (Å²) in [6.45, 7) is 16.4. The number of piperazine rings is 1. The molecule has 144 valence electrons. The highest BCUT2D eigenvalue weighted by Gasteiger charge is 2.38. The monoisotopic (exact) mass is 376 g/mol. The molecule has 0 radical (unpaired) electrons. The number of hydrogen-bond donors (Lipinski definition) is 2. The predicted molar refractivity (Wildman–Crippen MR) is 106 cm³/mol.